The predicted octanol–water partition coefficient (Wildman–Crippen LogP) is 4.08. The molecule has 2 aromatic heterocycles. The first kappa shape index (κ1) is 20.1. The van der Waals surface area contributed by atoms with Crippen molar-refractivity contribution < 1.29 is 22.7 Å². The first-order valence-corrected chi connectivity index (χ1v) is 8.56. The highest BCUT2D eigenvalue weighted by Crippen LogP contribution is 2.25. The summed E-state index contributed by atoms with van der Waals surface area (Å²) in [7, 11) is 0. The number of ether oxygens (including phenoxy) is 1. The highest BCUT2D eigenvalue weighted by molar-refractivity contribution is 6.05. The molecule has 0 aliphatic rings. The van der Waals surface area contributed by atoms with E-state index >= 15 is 0 Å². The van der Waals surface area contributed by atoms with Gasteiger partial charge in [0.25, 0.3) is 5.91 Å². The van der Waals surface area contributed by atoms with Crippen LogP contribution in [-0.4, -0.2) is 33.5 Å². The fourth-order valence-electron chi connectivity index (χ4n) is 2.63. The number of carbonyl (C=O) groups is 1. The van der Waals surface area contributed by atoms with Gasteiger partial charge in [-0.15, -0.1) is 0 Å². The number of fused-ring (bicyclic) bond motifs is 1. The van der Waals surface area contributed by atoms with Crippen LogP contribution in [-0.2, 0) is 0 Å². The van der Waals surface area contributed by atoms with E-state index in [0.29, 0.717) is 11.0 Å². The van der Waals surface area contributed by atoms with Crippen LogP contribution >= 0.6 is 0 Å². The van der Waals surface area contributed by atoms with Gasteiger partial charge in [0.05, 0.1) is 17.3 Å². The molecule has 10 heteroatoms. The smallest absolute Gasteiger partial charge is 0.422 e. The molecule has 0 unspecified atom stereocenters. The second kappa shape index (κ2) is 7.79. The van der Waals surface area contributed by atoms with Crippen LogP contribution in [0.3, 0.4) is 0 Å². The Hall–Kier alpha value is -3.61. The number of carbonyl (C=O) groups excluding carboxylic acids is 1. The molecule has 0 atom stereocenters. The van der Waals surface area contributed by atoms with E-state index in [4.69, 9.17) is 5.26 Å². The van der Waals surface area contributed by atoms with Gasteiger partial charge in [-0.3, -0.25) is 4.79 Å². The molecule has 0 saturated carbocycles. The number of anilines is 1. The van der Waals surface area contributed by atoms with Crippen molar-refractivity contribution in [2.24, 2.45) is 0 Å². The first-order chi connectivity index (χ1) is 13.7. The van der Waals surface area contributed by atoms with Crippen molar-refractivity contribution in [2.75, 3.05) is 11.9 Å². The van der Waals surface area contributed by atoms with Crippen molar-refractivity contribution in [3.05, 3.63) is 47.8 Å². The quantitative estimate of drug-likeness (QED) is 0.693. The molecular weight excluding hydrogens is 387 g/mol. The molecule has 0 aliphatic heterocycles. The lowest BCUT2D eigenvalue weighted by atomic mass is 10.1. The second-order valence-corrected chi connectivity index (χ2v) is 6.50. The minimum atomic E-state index is -4.52. The minimum Gasteiger partial charge on any atom is -0.483 e. The molecule has 0 saturated heterocycles. The molecule has 0 radical (unpaired) electrons. The zero-order chi connectivity index (χ0) is 21.2. The average Bonchev–Trinajstić information content (AvgIpc) is 3.09. The molecule has 150 valence electrons. The monoisotopic (exact) mass is 403 g/mol. The molecule has 1 aromatic carbocycles. The van der Waals surface area contributed by atoms with Crippen molar-refractivity contribution in [1.82, 2.24) is 14.8 Å². The molecule has 0 aliphatic carbocycles. The van der Waals surface area contributed by atoms with Gasteiger partial charge in [-0.25, -0.2) is 9.67 Å². The maximum Gasteiger partial charge on any atom is 0.422 e. The molecule has 2 heterocycles. The van der Waals surface area contributed by atoms with E-state index in [1.165, 1.54) is 24.4 Å². The highest BCUT2D eigenvalue weighted by atomic mass is 19.4. The molecule has 7 nitrogen and oxygen atoms in total. The standard InChI is InChI=1S/C19H16F3N5O2/c1-11(2)27-17-13(9-25-27)5-14(8-24-17)18(28)26-15-3-4-16(12(6-15)7-23)29-10-19(20,21)22/h3-6,8-9,11H,10H2,1-2H3,(H,26,28). The molecule has 0 spiro atoms. The highest BCUT2D eigenvalue weighted by Gasteiger charge is 2.29. The van der Waals surface area contributed by atoms with Crippen LogP contribution in [0.1, 0.15) is 35.8 Å². The van der Waals surface area contributed by atoms with Crippen LogP contribution in [0.25, 0.3) is 11.0 Å². The fourth-order valence-corrected chi connectivity index (χ4v) is 2.63. The largest absolute Gasteiger partial charge is 0.483 e. The summed E-state index contributed by atoms with van der Waals surface area (Å²) < 4.78 is 43.2. The van der Waals surface area contributed by atoms with Gasteiger partial charge >= 0.3 is 6.18 Å². The lowest BCUT2D eigenvalue weighted by molar-refractivity contribution is -0.153. The predicted molar refractivity (Wildman–Crippen MR) is 98.6 cm³/mol. The number of hydrogen-bond acceptors (Lipinski definition) is 5. The van der Waals surface area contributed by atoms with Gasteiger partial charge in [0.15, 0.2) is 12.3 Å². The van der Waals surface area contributed by atoms with Crippen LogP contribution < -0.4 is 10.1 Å². The Bertz CT molecular complexity index is 1100. The second-order valence-electron chi connectivity index (χ2n) is 6.50. The van der Waals surface area contributed by atoms with Crippen molar-refractivity contribution in [2.45, 2.75) is 26.1 Å². The number of nitriles is 1. The van der Waals surface area contributed by atoms with E-state index in [0.717, 1.165) is 0 Å². The molecule has 1 N–H and O–H groups in total. The number of pyridine rings is 1. The van der Waals surface area contributed by atoms with Crippen molar-refractivity contribution in [3.8, 4) is 11.8 Å². The van der Waals surface area contributed by atoms with Crippen molar-refractivity contribution in [3.63, 3.8) is 0 Å². The molecule has 0 fully saturated rings. The summed E-state index contributed by atoms with van der Waals surface area (Å²) in [4.78, 5) is 16.8. The van der Waals surface area contributed by atoms with Gasteiger partial charge in [-0.05, 0) is 38.1 Å². The van der Waals surface area contributed by atoms with Gasteiger partial charge in [-0.1, -0.05) is 0 Å². The average molecular weight is 403 g/mol. The summed E-state index contributed by atoms with van der Waals surface area (Å²) in [5, 5.41) is 16.7. The van der Waals surface area contributed by atoms with Gasteiger partial charge < -0.3 is 10.1 Å². The summed E-state index contributed by atoms with van der Waals surface area (Å²) in [6.45, 7) is 2.41. The third-order valence-electron chi connectivity index (χ3n) is 3.93. The molecule has 1 amide bonds. The number of benzene rings is 1. The Morgan fingerprint density at radius 2 is 2.07 bits per heavy atom. The minimum absolute atomic E-state index is 0.113. The first-order valence-electron chi connectivity index (χ1n) is 8.56. The van der Waals surface area contributed by atoms with Gasteiger partial charge in [-0.2, -0.15) is 23.5 Å². The fraction of sp³-hybridized carbons (Fsp3) is 0.263. The van der Waals surface area contributed by atoms with E-state index in [2.05, 4.69) is 20.1 Å². The summed E-state index contributed by atoms with van der Waals surface area (Å²) in [5.74, 6) is -0.698. The van der Waals surface area contributed by atoms with Crippen LogP contribution in [0.2, 0.25) is 0 Å². The third-order valence-corrected chi connectivity index (χ3v) is 3.93. The number of hydrogen-bond donors (Lipinski definition) is 1. The zero-order valence-corrected chi connectivity index (χ0v) is 15.5. The lowest BCUT2D eigenvalue weighted by Gasteiger charge is -2.12. The van der Waals surface area contributed by atoms with Gasteiger partial charge in [0.1, 0.15) is 11.8 Å². The molecule has 29 heavy (non-hydrogen) atoms. The zero-order valence-electron chi connectivity index (χ0n) is 15.5. The van der Waals surface area contributed by atoms with E-state index < -0.39 is 18.7 Å². The topological polar surface area (TPSA) is 92.8 Å². The Labute approximate surface area is 163 Å². The van der Waals surface area contributed by atoms with Crippen LogP contribution in [0.15, 0.2) is 36.7 Å². The van der Waals surface area contributed by atoms with Crippen LogP contribution in [0, 0.1) is 11.3 Å². The summed E-state index contributed by atoms with van der Waals surface area (Å²) in [6.07, 6.45) is -1.50. The maximum atomic E-state index is 12.5. The van der Waals surface area contributed by atoms with Gasteiger partial charge in [0.2, 0.25) is 0 Å². The Morgan fingerprint density at radius 1 is 1.31 bits per heavy atom. The number of amides is 1. The molecular formula is C19H16F3N5O2. The molecule has 3 rings (SSSR count). The normalized spacial score (nSPS) is 11.5. The molecule has 0 bridgehead atoms. The number of aromatic nitrogens is 3. The Morgan fingerprint density at radius 3 is 2.72 bits per heavy atom. The van der Waals surface area contributed by atoms with E-state index in [1.54, 1.807) is 23.0 Å². The van der Waals surface area contributed by atoms with Crippen LogP contribution in [0.5, 0.6) is 5.75 Å². The van der Waals surface area contributed by atoms with Crippen molar-refractivity contribution in [1.29, 1.82) is 5.26 Å². The lowest BCUT2D eigenvalue weighted by Crippen LogP contribution is -2.19. The summed E-state index contributed by atoms with van der Waals surface area (Å²) in [6, 6.07) is 7.30. The van der Waals surface area contributed by atoms with Crippen molar-refractivity contribution >= 4 is 22.6 Å². The van der Waals surface area contributed by atoms with E-state index in [1.807, 2.05) is 13.8 Å². The SMILES string of the molecule is CC(C)n1ncc2cc(C(=O)Nc3ccc(OCC(F)(F)F)c(C#N)c3)cnc21. The third kappa shape index (κ3) is 4.63. The van der Waals surface area contributed by atoms with Crippen LogP contribution in [0.4, 0.5) is 18.9 Å². The summed E-state index contributed by atoms with van der Waals surface area (Å²) >= 11 is 0. The number of alkyl halides is 3. The maximum absolute atomic E-state index is 12.5. The van der Waals surface area contributed by atoms with Gasteiger partial charge in [0, 0.05) is 23.3 Å². The number of nitrogens with one attached hydrogen (secondary N) is 1. The van der Waals surface area contributed by atoms with E-state index in [-0.39, 0.29) is 28.6 Å². The number of rotatable bonds is 5. The Kier molecular flexibility index (Phi) is 5.41. The van der Waals surface area contributed by atoms with E-state index in [9.17, 15) is 18.0 Å². The number of halogens is 3. The molecule has 3 aromatic rings. The Balaban J connectivity index is 1.78. The number of nitrogens with zero attached hydrogens (tertiary/aromatic N) is 4. The summed E-state index contributed by atoms with van der Waals surface area (Å²) in [5.41, 5.74) is 1.04.